The molecule has 0 atom stereocenters. The number of esters is 1. The largest absolute Gasteiger partial charge is 0.465 e. The van der Waals surface area contributed by atoms with Crippen LogP contribution in [-0.2, 0) is 20.9 Å². The van der Waals surface area contributed by atoms with Gasteiger partial charge < -0.3 is 15.8 Å². The molecule has 0 aliphatic carbocycles. The van der Waals surface area contributed by atoms with Gasteiger partial charge >= 0.3 is 5.97 Å². The van der Waals surface area contributed by atoms with Crippen LogP contribution in [0.3, 0.4) is 0 Å². The van der Waals surface area contributed by atoms with Crippen molar-refractivity contribution in [3.05, 3.63) is 29.8 Å². The minimum atomic E-state index is -0.325. The molecule has 0 saturated heterocycles. The van der Waals surface area contributed by atoms with E-state index in [0.717, 1.165) is 5.56 Å². The molecule has 0 spiro atoms. The fourth-order valence-electron chi connectivity index (χ4n) is 1.88. The van der Waals surface area contributed by atoms with Crippen LogP contribution in [-0.4, -0.2) is 43.0 Å². The van der Waals surface area contributed by atoms with Gasteiger partial charge in [0.1, 0.15) is 0 Å². The van der Waals surface area contributed by atoms with Crippen molar-refractivity contribution in [2.24, 2.45) is 5.73 Å². The van der Waals surface area contributed by atoms with Gasteiger partial charge in [-0.15, -0.1) is 0 Å². The maximum atomic E-state index is 12.0. The number of nitrogens with two attached hydrogens (primary N) is 1. The number of carbonyl (C=O) groups excluding carboxylic acids is 2. The summed E-state index contributed by atoms with van der Waals surface area (Å²) in [4.78, 5) is 25.2. The molecule has 1 amide bonds. The first-order chi connectivity index (χ1) is 10.1. The van der Waals surface area contributed by atoms with Gasteiger partial charge in [-0.25, -0.2) is 0 Å². The summed E-state index contributed by atoms with van der Waals surface area (Å²) in [6, 6.07) is 7.38. The van der Waals surface area contributed by atoms with E-state index in [9.17, 15) is 9.59 Å². The molecular weight excluding hydrogens is 270 g/mol. The highest BCUT2D eigenvalue weighted by Crippen LogP contribution is 2.13. The molecule has 0 aromatic heterocycles. The molecule has 21 heavy (non-hydrogen) atoms. The lowest BCUT2D eigenvalue weighted by molar-refractivity contribution is -0.144. The topological polar surface area (TPSA) is 84.7 Å². The van der Waals surface area contributed by atoms with Crippen molar-refractivity contribution in [2.45, 2.75) is 20.4 Å². The van der Waals surface area contributed by atoms with Gasteiger partial charge in [0.15, 0.2) is 0 Å². The molecule has 0 saturated carbocycles. The summed E-state index contributed by atoms with van der Waals surface area (Å²) in [5.74, 6) is -0.503. The van der Waals surface area contributed by atoms with E-state index in [1.54, 1.807) is 11.8 Å². The van der Waals surface area contributed by atoms with Crippen LogP contribution in [0.1, 0.15) is 19.4 Å². The summed E-state index contributed by atoms with van der Waals surface area (Å²) < 4.78 is 4.88. The molecule has 0 aliphatic heterocycles. The molecule has 0 heterocycles. The third-order valence-corrected chi connectivity index (χ3v) is 2.98. The van der Waals surface area contributed by atoms with Crippen LogP contribution >= 0.6 is 0 Å². The second kappa shape index (κ2) is 9.10. The maximum Gasteiger partial charge on any atom is 0.320 e. The summed E-state index contributed by atoms with van der Waals surface area (Å²) in [7, 11) is 0. The molecule has 1 rings (SSSR count). The Balaban J connectivity index is 2.56. The Bertz CT molecular complexity index is 477. The first-order valence-corrected chi connectivity index (χ1v) is 7.06. The van der Waals surface area contributed by atoms with Gasteiger partial charge in [0.25, 0.3) is 0 Å². The molecule has 0 aliphatic rings. The van der Waals surface area contributed by atoms with E-state index >= 15 is 0 Å². The van der Waals surface area contributed by atoms with E-state index < -0.39 is 0 Å². The Morgan fingerprint density at radius 1 is 1.24 bits per heavy atom. The number of ether oxygens (including phenoxy) is 1. The van der Waals surface area contributed by atoms with Crippen LogP contribution < -0.4 is 11.1 Å². The Morgan fingerprint density at radius 2 is 1.95 bits per heavy atom. The van der Waals surface area contributed by atoms with Crippen LogP contribution in [0, 0.1) is 0 Å². The van der Waals surface area contributed by atoms with Gasteiger partial charge in [0.2, 0.25) is 5.91 Å². The second-order valence-corrected chi connectivity index (χ2v) is 4.52. The molecule has 0 unspecified atom stereocenters. The zero-order valence-electron chi connectivity index (χ0n) is 12.6. The number of anilines is 1. The number of nitrogens with zero attached hydrogens (tertiary/aromatic N) is 1. The van der Waals surface area contributed by atoms with Crippen LogP contribution in [0.5, 0.6) is 0 Å². The number of para-hydroxylation sites is 1. The van der Waals surface area contributed by atoms with Gasteiger partial charge in [-0.3, -0.25) is 14.5 Å². The molecule has 6 heteroatoms. The van der Waals surface area contributed by atoms with Gasteiger partial charge in [-0.05, 0) is 25.1 Å². The van der Waals surface area contributed by atoms with Gasteiger partial charge in [-0.2, -0.15) is 0 Å². The number of carbonyl (C=O) groups is 2. The Labute approximate surface area is 125 Å². The molecule has 116 valence electrons. The lowest BCUT2D eigenvalue weighted by Crippen LogP contribution is -2.37. The molecule has 6 nitrogen and oxygen atoms in total. The average Bonchev–Trinajstić information content (AvgIpc) is 2.47. The van der Waals surface area contributed by atoms with Crippen molar-refractivity contribution in [2.75, 3.05) is 31.6 Å². The van der Waals surface area contributed by atoms with E-state index in [-0.39, 0.29) is 25.0 Å². The number of amides is 1. The number of hydrogen-bond donors (Lipinski definition) is 2. The number of benzene rings is 1. The Kier molecular flexibility index (Phi) is 7.42. The number of nitrogens with one attached hydrogen (secondary N) is 1. The molecule has 0 bridgehead atoms. The van der Waals surface area contributed by atoms with Gasteiger partial charge in [0.05, 0.1) is 19.7 Å². The summed E-state index contributed by atoms with van der Waals surface area (Å²) in [5, 5.41) is 2.82. The van der Waals surface area contributed by atoms with E-state index in [0.29, 0.717) is 25.4 Å². The van der Waals surface area contributed by atoms with Crippen molar-refractivity contribution in [3.63, 3.8) is 0 Å². The average molecular weight is 293 g/mol. The molecule has 1 aromatic carbocycles. The van der Waals surface area contributed by atoms with Crippen molar-refractivity contribution >= 4 is 17.6 Å². The van der Waals surface area contributed by atoms with Crippen molar-refractivity contribution < 1.29 is 14.3 Å². The summed E-state index contributed by atoms with van der Waals surface area (Å²) in [6.07, 6.45) is 0. The van der Waals surface area contributed by atoms with E-state index in [4.69, 9.17) is 10.5 Å². The zero-order chi connectivity index (χ0) is 15.7. The minimum Gasteiger partial charge on any atom is -0.465 e. The molecule has 0 fully saturated rings. The van der Waals surface area contributed by atoms with Crippen molar-refractivity contribution in [1.29, 1.82) is 0 Å². The summed E-state index contributed by atoms with van der Waals surface area (Å²) in [5.41, 5.74) is 7.21. The highest BCUT2D eigenvalue weighted by molar-refractivity contribution is 5.93. The fraction of sp³-hybridized carbons (Fsp3) is 0.467. The fourth-order valence-corrected chi connectivity index (χ4v) is 1.88. The van der Waals surface area contributed by atoms with E-state index in [2.05, 4.69) is 5.32 Å². The monoisotopic (exact) mass is 293 g/mol. The smallest absolute Gasteiger partial charge is 0.320 e. The number of rotatable bonds is 8. The quantitative estimate of drug-likeness (QED) is 0.698. The normalized spacial score (nSPS) is 10.5. The van der Waals surface area contributed by atoms with Crippen molar-refractivity contribution in [1.82, 2.24) is 4.90 Å². The van der Waals surface area contributed by atoms with Crippen molar-refractivity contribution in [3.8, 4) is 0 Å². The minimum absolute atomic E-state index is 0.107. The van der Waals surface area contributed by atoms with Crippen LogP contribution in [0.25, 0.3) is 0 Å². The second-order valence-electron chi connectivity index (χ2n) is 4.52. The maximum absolute atomic E-state index is 12.0. The zero-order valence-corrected chi connectivity index (χ0v) is 12.6. The molecule has 0 radical (unpaired) electrons. The third-order valence-electron chi connectivity index (χ3n) is 2.98. The van der Waals surface area contributed by atoms with E-state index in [1.807, 2.05) is 31.2 Å². The first-order valence-electron chi connectivity index (χ1n) is 7.06. The Morgan fingerprint density at radius 3 is 2.57 bits per heavy atom. The molecule has 1 aromatic rings. The van der Waals surface area contributed by atoms with Gasteiger partial charge in [-0.1, -0.05) is 25.1 Å². The summed E-state index contributed by atoms with van der Waals surface area (Å²) in [6.45, 7) is 5.17. The number of likely N-dealkylation sites (N-methyl/N-ethyl adjacent to an activating group) is 1. The lowest BCUT2D eigenvalue weighted by atomic mass is 10.2. The SMILES string of the molecule is CCOC(=O)CN(CC)CC(=O)Nc1ccccc1CN. The predicted octanol–water partition coefficient (Wildman–Crippen LogP) is 0.969. The standard InChI is InChI=1S/C15H23N3O3/c1-3-18(11-15(20)21-4-2)10-14(19)17-13-8-6-5-7-12(13)9-16/h5-8H,3-4,9-11,16H2,1-2H3,(H,17,19). The van der Waals surface area contributed by atoms with E-state index in [1.165, 1.54) is 0 Å². The first kappa shape index (κ1) is 17.1. The van der Waals surface area contributed by atoms with Gasteiger partial charge in [0, 0.05) is 12.2 Å². The molecular formula is C15H23N3O3. The predicted molar refractivity (Wildman–Crippen MR) is 81.7 cm³/mol. The summed E-state index contributed by atoms with van der Waals surface area (Å²) >= 11 is 0. The van der Waals surface area contributed by atoms with Crippen LogP contribution in [0.2, 0.25) is 0 Å². The Hall–Kier alpha value is -1.92. The van der Waals surface area contributed by atoms with Crippen LogP contribution in [0.15, 0.2) is 24.3 Å². The highest BCUT2D eigenvalue weighted by Gasteiger charge is 2.14. The molecule has 3 N–H and O–H groups in total. The highest BCUT2D eigenvalue weighted by atomic mass is 16.5. The third kappa shape index (κ3) is 5.93. The lowest BCUT2D eigenvalue weighted by Gasteiger charge is -2.19. The number of hydrogen-bond acceptors (Lipinski definition) is 5. The van der Waals surface area contributed by atoms with Crippen LogP contribution in [0.4, 0.5) is 5.69 Å².